The van der Waals surface area contributed by atoms with E-state index in [2.05, 4.69) is 9.97 Å². The van der Waals surface area contributed by atoms with Crippen LogP contribution >= 0.6 is 0 Å². The molecule has 1 heterocycles. The first-order valence-electron chi connectivity index (χ1n) is 5.18. The second kappa shape index (κ2) is 3.92. The highest BCUT2D eigenvalue weighted by molar-refractivity contribution is 5.59. The molecule has 0 aliphatic carbocycles. The second-order valence-corrected chi connectivity index (χ2v) is 4.49. The Morgan fingerprint density at radius 2 is 2.00 bits per heavy atom. The van der Waals surface area contributed by atoms with E-state index in [0.717, 1.165) is 6.07 Å². The molecule has 1 aromatic heterocycles. The van der Waals surface area contributed by atoms with Gasteiger partial charge in [-0.1, -0.05) is 0 Å². The average molecular weight is 237 g/mol. The Labute approximate surface area is 97.7 Å². The van der Waals surface area contributed by atoms with Gasteiger partial charge < -0.3 is 10.7 Å². The summed E-state index contributed by atoms with van der Waals surface area (Å²) in [6.07, 6.45) is 1.49. The molecule has 0 spiro atoms. The standard InChI is InChI=1S/C12H13F2N3/c1-12(2,15)11-16-6-10(17-11)8-4-3-7(13)5-9(8)14/h3-6H,15H2,1-2H3,(H,16,17). The Hall–Kier alpha value is -1.75. The molecule has 0 atom stereocenters. The first kappa shape index (κ1) is 11.7. The highest BCUT2D eigenvalue weighted by Gasteiger charge is 2.19. The molecule has 0 aliphatic heterocycles. The van der Waals surface area contributed by atoms with Gasteiger partial charge in [0, 0.05) is 11.6 Å². The highest BCUT2D eigenvalue weighted by Crippen LogP contribution is 2.23. The van der Waals surface area contributed by atoms with Crippen LogP contribution in [0.3, 0.4) is 0 Å². The van der Waals surface area contributed by atoms with E-state index in [1.165, 1.54) is 18.3 Å². The molecule has 0 unspecified atom stereocenters. The zero-order valence-corrected chi connectivity index (χ0v) is 9.59. The molecule has 0 bridgehead atoms. The number of benzene rings is 1. The Morgan fingerprint density at radius 1 is 1.29 bits per heavy atom. The van der Waals surface area contributed by atoms with E-state index in [9.17, 15) is 8.78 Å². The maximum Gasteiger partial charge on any atom is 0.135 e. The SMILES string of the molecule is CC(C)(N)c1ncc(-c2ccc(F)cc2F)[nH]1. The van der Waals surface area contributed by atoms with Crippen LogP contribution in [0.1, 0.15) is 19.7 Å². The quantitative estimate of drug-likeness (QED) is 0.843. The highest BCUT2D eigenvalue weighted by atomic mass is 19.1. The molecule has 0 fully saturated rings. The van der Waals surface area contributed by atoms with Crippen molar-refractivity contribution in [2.24, 2.45) is 5.73 Å². The van der Waals surface area contributed by atoms with Crippen molar-refractivity contribution in [2.45, 2.75) is 19.4 Å². The lowest BCUT2D eigenvalue weighted by Gasteiger charge is -2.14. The molecule has 0 aliphatic rings. The molecular weight excluding hydrogens is 224 g/mol. The minimum absolute atomic E-state index is 0.273. The van der Waals surface area contributed by atoms with Crippen LogP contribution in [0.4, 0.5) is 8.78 Å². The van der Waals surface area contributed by atoms with E-state index in [1.807, 2.05) is 0 Å². The second-order valence-electron chi connectivity index (χ2n) is 4.49. The number of nitrogens with zero attached hydrogens (tertiary/aromatic N) is 1. The third-order valence-electron chi connectivity index (χ3n) is 2.41. The fourth-order valence-electron chi connectivity index (χ4n) is 1.49. The molecule has 5 heteroatoms. The van der Waals surface area contributed by atoms with Gasteiger partial charge in [-0.15, -0.1) is 0 Å². The predicted octanol–water partition coefficient (Wildman–Crippen LogP) is 2.55. The third-order valence-corrected chi connectivity index (χ3v) is 2.41. The van der Waals surface area contributed by atoms with Crippen LogP contribution in [-0.4, -0.2) is 9.97 Å². The largest absolute Gasteiger partial charge is 0.340 e. The summed E-state index contributed by atoms with van der Waals surface area (Å²) in [7, 11) is 0. The topological polar surface area (TPSA) is 54.7 Å². The van der Waals surface area contributed by atoms with Crippen molar-refractivity contribution >= 4 is 0 Å². The van der Waals surface area contributed by atoms with Crippen molar-refractivity contribution in [3.63, 3.8) is 0 Å². The fraction of sp³-hybridized carbons (Fsp3) is 0.250. The van der Waals surface area contributed by atoms with Crippen LogP contribution < -0.4 is 5.73 Å². The van der Waals surface area contributed by atoms with Gasteiger partial charge in [-0.05, 0) is 26.0 Å². The number of hydrogen-bond acceptors (Lipinski definition) is 2. The van der Waals surface area contributed by atoms with Crippen molar-refractivity contribution in [3.8, 4) is 11.3 Å². The third kappa shape index (κ3) is 2.34. The summed E-state index contributed by atoms with van der Waals surface area (Å²) in [6.45, 7) is 3.58. The average Bonchev–Trinajstić information content (AvgIpc) is 2.65. The number of nitrogens with one attached hydrogen (secondary N) is 1. The molecule has 2 rings (SSSR count). The van der Waals surface area contributed by atoms with E-state index in [1.54, 1.807) is 13.8 Å². The number of aromatic amines is 1. The molecule has 3 nitrogen and oxygen atoms in total. The van der Waals surface area contributed by atoms with Crippen molar-refractivity contribution < 1.29 is 8.78 Å². The molecule has 0 radical (unpaired) electrons. The smallest absolute Gasteiger partial charge is 0.135 e. The monoisotopic (exact) mass is 237 g/mol. The lowest BCUT2D eigenvalue weighted by atomic mass is 10.1. The van der Waals surface area contributed by atoms with Gasteiger partial charge in [0.05, 0.1) is 17.4 Å². The van der Waals surface area contributed by atoms with Crippen LogP contribution in [0.25, 0.3) is 11.3 Å². The minimum Gasteiger partial charge on any atom is -0.340 e. The Kier molecular flexibility index (Phi) is 2.71. The maximum absolute atomic E-state index is 13.5. The first-order chi connectivity index (χ1) is 7.88. The summed E-state index contributed by atoms with van der Waals surface area (Å²) in [5, 5.41) is 0. The molecule has 17 heavy (non-hydrogen) atoms. The van der Waals surface area contributed by atoms with Gasteiger partial charge in [-0.2, -0.15) is 0 Å². The molecule has 0 saturated heterocycles. The number of halogens is 2. The number of imidazole rings is 1. The van der Waals surface area contributed by atoms with E-state index in [4.69, 9.17) is 5.73 Å². The predicted molar refractivity (Wildman–Crippen MR) is 61.2 cm³/mol. The molecule has 0 saturated carbocycles. The van der Waals surface area contributed by atoms with E-state index in [-0.39, 0.29) is 5.56 Å². The Morgan fingerprint density at radius 3 is 2.53 bits per heavy atom. The van der Waals surface area contributed by atoms with Gasteiger partial charge in [0.15, 0.2) is 0 Å². The van der Waals surface area contributed by atoms with Crippen LogP contribution in [0.15, 0.2) is 24.4 Å². The maximum atomic E-state index is 13.5. The molecule has 2 aromatic rings. The molecule has 3 N–H and O–H groups in total. The van der Waals surface area contributed by atoms with Gasteiger partial charge in [0.25, 0.3) is 0 Å². The first-order valence-corrected chi connectivity index (χ1v) is 5.18. The fourth-order valence-corrected chi connectivity index (χ4v) is 1.49. The zero-order chi connectivity index (χ0) is 12.6. The number of rotatable bonds is 2. The number of aromatic nitrogens is 2. The molecule has 90 valence electrons. The van der Waals surface area contributed by atoms with Gasteiger partial charge >= 0.3 is 0 Å². The molecular formula is C12H13F2N3. The van der Waals surface area contributed by atoms with Crippen LogP contribution in [0, 0.1) is 11.6 Å². The number of H-pyrrole nitrogens is 1. The van der Waals surface area contributed by atoms with Crippen molar-refractivity contribution in [1.82, 2.24) is 9.97 Å². The van der Waals surface area contributed by atoms with Gasteiger partial charge in [0.2, 0.25) is 0 Å². The lowest BCUT2D eigenvalue weighted by molar-refractivity contribution is 0.520. The molecule has 1 aromatic carbocycles. The minimum atomic E-state index is -0.630. The summed E-state index contributed by atoms with van der Waals surface area (Å²) < 4.78 is 26.3. The van der Waals surface area contributed by atoms with E-state index < -0.39 is 17.2 Å². The lowest BCUT2D eigenvalue weighted by Crippen LogP contribution is -2.30. The zero-order valence-electron chi connectivity index (χ0n) is 9.59. The summed E-state index contributed by atoms with van der Waals surface area (Å²) in [4.78, 5) is 7.02. The van der Waals surface area contributed by atoms with Crippen LogP contribution in [-0.2, 0) is 5.54 Å². The van der Waals surface area contributed by atoms with Gasteiger partial charge in [-0.25, -0.2) is 13.8 Å². The van der Waals surface area contributed by atoms with Crippen LogP contribution in [0.2, 0.25) is 0 Å². The summed E-state index contributed by atoms with van der Waals surface area (Å²) in [5.74, 6) is -0.684. The van der Waals surface area contributed by atoms with E-state index in [0.29, 0.717) is 11.5 Å². The summed E-state index contributed by atoms with van der Waals surface area (Å²) in [5.41, 5.74) is 5.99. The number of hydrogen-bond donors (Lipinski definition) is 2. The Bertz CT molecular complexity index is 541. The van der Waals surface area contributed by atoms with Crippen LogP contribution in [0.5, 0.6) is 0 Å². The summed E-state index contributed by atoms with van der Waals surface area (Å²) in [6, 6.07) is 3.40. The number of nitrogens with two attached hydrogens (primary N) is 1. The molecule has 0 amide bonds. The van der Waals surface area contributed by atoms with Gasteiger partial charge in [0.1, 0.15) is 17.5 Å². The van der Waals surface area contributed by atoms with E-state index >= 15 is 0 Å². The van der Waals surface area contributed by atoms with Crippen molar-refractivity contribution in [1.29, 1.82) is 0 Å². The van der Waals surface area contributed by atoms with Gasteiger partial charge in [-0.3, -0.25) is 0 Å². The van der Waals surface area contributed by atoms with Crippen molar-refractivity contribution in [2.75, 3.05) is 0 Å². The normalized spacial score (nSPS) is 11.8. The summed E-state index contributed by atoms with van der Waals surface area (Å²) >= 11 is 0. The Balaban J connectivity index is 2.44. The van der Waals surface area contributed by atoms with Crippen molar-refractivity contribution in [3.05, 3.63) is 41.9 Å².